The van der Waals surface area contributed by atoms with E-state index in [4.69, 9.17) is 9.84 Å². The van der Waals surface area contributed by atoms with Gasteiger partial charge in [0.25, 0.3) is 0 Å². The van der Waals surface area contributed by atoms with E-state index in [0.717, 1.165) is 23.8 Å². The minimum atomic E-state index is -4.14. The summed E-state index contributed by atoms with van der Waals surface area (Å²) in [5, 5.41) is 8.80. The van der Waals surface area contributed by atoms with Crippen molar-refractivity contribution in [1.29, 1.82) is 0 Å². The minimum absolute atomic E-state index is 0.0631. The number of rotatable bonds is 8. The first-order valence-corrected chi connectivity index (χ1v) is 7.47. The monoisotopic (exact) mass is 317 g/mol. The Balaban J connectivity index is 2.76. The van der Waals surface area contributed by atoms with Crippen LogP contribution in [-0.4, -0.2) is 39.3 Å². The number of nitrogens with one attached hydrogen (secondary N) is 1. The minimum Gasteiger partial charge on any atom is -0.478 e. The second kappa shape index (κ2) is 7.30. The molecule has 1 aromatic carbocycles. The highest BCUT2D eigenvalue weighted by molar-refractivity contribution is 7.89. The summed E-state index contributed by atoms with van der Waals surface area (Å²) in [5.41, 5.74) is 0.480. The molecule has 0 amide bonds. The molecule has 0 fully saturated rings. The number of hydrogen-bond donors (Lipinski definition) is 2. The van der Waals surface area contributed by atoms with E-state index >= 15 is 0 Å². The molecule has 2 N–H and O–H groups in total. The SMILES string of the molecule is C=C(C)COCCNS(=O)(=O)c1cc(C(=O)O)ccc1F. The van der Waals surface area contributed by atoms with Crippen LogP contribution >= 0.6 is 0 Å². The van der Waals surface area contributed by atoms with Crippen LogP contribution in [0.3, 0.4) is 0 Å². The summed E-state index contributed by atoms with van der Waals surface area (Å²) in [5.74, 6) is -2.36. The Bertz CT molecular complexity index is 642. The van der Waals surface area contributed by atoms with Gasteiger partial charge in [-0.3, -0.25) is 0 Å². The molecule has 0 saturated heterocycles. The van der Waals surface area contributed by atoms with Gasteiger partial charge in [0.15, 0.2) is 0 Å². The number of ether oxygens (including phenoxy) is 1. The Labute approximate surface area is 122 Å². The molecule has 0 bridgehead atoms. The van der Waals surface area contributed by atoms with Gasteiger partial charge in [0.1, 0.15) is 10.7 Å². The summed E-state index contributed by atoms with van der Waals surface area (Å²) in [7, 11) is -4.14. The largest absolute Gasteiger partial charge is 0.478 e. The molecule has 1 aromatic rings. The van der Waals surface area contributed by atoms with Crippen molar-refractivity contribution in [2.24, 2.45) is 0 Å². The van der Waals surface area contributed by atoms with Crippen molar-refractivity contribution in [2.75, 3.05) is 19.8 Å². The summed E-state index contributed by atoms with van der Waals surface area (Å²) >= 11 is 0. The standard InChI is InChI=1S/C13H16FNO5S/c1-9(2)8-20-6-5-15-21(18,19)12-7-10(13(16)17)3-4-11(12)14/h3-4,7,15H,1,5-6,8H2,2H3,(H,16,17). The van der Waals surface area contributed by atoms with Gasteiger partial charge in [-0.05, 0) is 25.1 Å². The van der Waals surface area contributed by atoms with Crippen LogP contribution in [0.25, 0.3) is 0 Å². The van der Waals surface area contributed by atoms with Gasteiger partial charge in [0.2, 0.25) is 10.0 Å². The van der Waals surface area contributed by atoms with E-state index in [1.54, 1.807) is 6.92 Å². The first-order valence-electron chi connectivity index (χ1n) is 5.98. The van der Waals surface area contributed by atoms with Crippen LogP contribution < -0.4 is 4.72 Å². The molecule has 0 saturated carbocycles. The van der Waals surface area contributed by atoms with Crippen LogP contribution in [0.15, 0.2) is 35.2 Å². The summed E-state index contributed by atoms with van der Waals surface area (Å²) in [4.78, 5) is 10.1. The summed E-state index contributed by atoms with van der Waals surface area (Å²) in [6.45, 7) is 5.70. The third-order valence-electron chi connectivity index (χ3n) is 2.35. The first-order chi connectivity index (χ1) is 9.74. The summed E-state index contributed by atoms with van der Waals surface area (Å²) in [6, 6.07) is 2.57. The highest BCUT2D eigenvalue weighted by Crippen LogP contribution is 2.16. The molecule has 0 heterocycles. The number of aromatic carboxylic acids is 1. The lowest BCUT2D eigenvalue weighted by Gasteiger charge is -2.09. The average Bonchev–Trinajstić information content (AvgIpc) is 2.37. The van der Waals surface area contributed by atoms with Gasteiger partial charge in [-0.2, -0.15) is 0 Å². The topological polar surface area (TPSA) is 92.7 Å². The normalized spacial score (nSPS) is 11.3. The van der Waals surface area contributed by atoms with E-state index in [1.807, 2.05) is 0 Å². The van der Waals surface area contributed by atoms with Gasteiger partial charge >= 0.3 is 5.97 Å². The van der Waals surface area contributed by atoms with E-state index < -0.39 is 26.7 Å². The fourth-order valence-electron chi connectivity index (χ4n) is 1.41. The number of carboxylic acid groups (broad SMARTS) is 1. The Morgan fingerprint density at radius 2 is 2.14 bits per heavy atom. The van der Waals surface area contributed by atoms with Gasteiger partial charge in [0.05, 0.1) is 18.8 Å². The van der Waals surface area contributed by atoms with Gasteiger partial charge in [-0.15, -0.1) is 0 Å². The van der Waals surface area contributed by atoms with Crippen molar-refractivity contribution in [2.45, 2.75) is 11.8 Å². The van der Waals surface area contributed by atoms with E-state index in [1.165, 1.54) is 0 Å². The van der Waals surface area contributed by atoms with Gasteiger partial charge in [-0.25, -0.2) is 22.3 Å². The molecule has 0 aliphatic rings. The second-order valence-corrected chi connectivity index (χ2v) is 6.09. The lowest BCUT2D eigenvalue weighted by molar-refractivity contribution is 0.0696. The summed E-state index contributed by atoms with van der Waals surface area (Å²) < 4.78 is 44.6. The maximum Gasteiger partial charge on any atom is 0.335 e. The number of halogens is 1. The van der Waals surface area contributed by atoms with Crippen molar-refractivity contribution >= 4 is 16.0 Å². The number of carbonyl (C=O) groups is 1. The maximum absolute atomic E-state index is 13.6. The predicted molar refractivity (Wildman–Crippen MR) is 74.2 cm³/mol. The van der Waals surface area contributed by atoms with Crippen LogP contribution in [0.1, 0.15) is 17.3 Å². The Hall–Kier alpha value is -1.77. The number of carboxylic acids is 1. The van der Waals surface area contributed by atoms with E-state index in [-0.39, 0.29) is 18.7 Å². The molecule has 0 radical (unpaired) electrons. The molecule has 6 nitrogen and oxygen atoms in total. The zero-order valence-corrected chi connectivity index (χ0v) is 12.2. The predicted octanol–water partition coefficient (Wildman–Crippen LogP) is 1.39. The van der Waals surface area contributed by atoms with Crippen LogP contribution in [0.4, 0.5) is 4.39 Å². The number of hydrogen-bond acceptors (Lipinski definition) is 4. The second-order valence-electron chi connectivity index (χ2n) is 4.36. The third-order valence-corrected chi connectivity index (χ3v) is 3.83. The number of sulfonamides is 1. The van der Waals surface area contributed by atoms with Crippen molar-refractivity contribution in [1.82, 2.24) is 4.72 Å². The highest BCUT2D eigenvalue weighted by atomic mass is 32.2. The molecule has 116 valence electrons. The Kier molecular flexibility index (Phi) is 6.01. The van der Waals surface area contributed by atoms with E-state index in [2.05, 4.69) is 11.3 Å². The van der Waals surface area contributed by atoms with Crippen LogP contribution in [0.5, 0.6) is 0 Å². The Morgan fingerprint density at radius 3 is 2.71 bits per heavy atom. The van der Waals surface area contributed by atoms with E-state index in [0.29, 0.717) is 6.61 Å². The fourth-order valence-corrected chi connectivity index (χ4v) is 2.53. The first kappa shape index (κ1) is 17.3. The van der Waals surface area contributed by atoms with Crippen molar-refractivity contribution in [3.8, 4) is 0 Å². The average molecular weight is 317 g/mol. The van der Waals surface area contributed by atoms with Crippen molar-refractivity contribution in [3.63, 3.8) is 0 Å². The molecule has 0 aromatic heterocycles. The van der Waals surface area contributed by atoms with Crippen molar-refractivity contribution in [3.05, 3.63) is 41.7 Å². The molecule has 0 aliphatic carbocycles. The van der Waals surface area contributed by atoms with Crippen LogP contribution in [-0.2, 0) is 14.8 Å². The summed E-state index contributed by atoms with van der Waals surface area (Å²) in [6.07, 6.45) is 0. The third kappa shape index (κ3) is 5.25. The highest BCUT2D eigenvalue weighted by Gasteiger charge is 2.20. The van der Waals surface area contributed by atoms with Gasteiger partial charge in [-0.1, -0.05) is 12.2 Å². The molecule has 0 aliphatic heterocycles. The smallest absolute Gasteiger partial charge is 0.335 e. The number of benzene rings is 1. The zero-order valence-electron chi connectivity index (χ0n) is 11.4. The molecule has 1 rings (SSSR count). The van der Waals surface area contributed by atoms with Gasteiger partial charge < -0.3 is 9.84 Å². The van der Waals surface area contributed by atoms with E-state index in [9.17, 15) is 17.6 Å². The molecule has 8 heteroatoms. The molecule has 0 unspecified atom stereocenters. The lowest BCUT2D eigenvalue weighted by atomic mass is 10.2. The Morgan fingerprint density at radius 1 is 1.48 bits per heavy atom. The van der Waals surface area contributed by atoms with Crippen LogP contribution in [0.2, 0.25) is 0 Å². The molecule has 0 spiro atoms. The van der Waals surface area contributed by atoms with Crippen molar-refractivity contribution < 1.29 is 27.4 Å². The van der Waals surface area contributed by atoms with Crippen LogP contribution in [0, 0.1) is 5.82 Å². The molecular formula is C13H16FNO5S. The molecule has 21 heavy (non-hydrogen) atoms. The molecular weight excluding hydrogens is 301 g/mol. The fraction of sp³-hybridized carbons (Fsp3) is 0.308. The zero-order chi connectivity index (χ0) is 16.0. The lowest BCUT2D eigenvalue weighted by Crippen LogP contribution is -2.28. The maximum atomic E-state index is 13.6. The quantitative estimate of drug-likeness (QED) is 0.558. The molecule has 0 atom stereocenters. The van der Waals surface area contributed by atoms with Gasteiger partial charge in [0, 0.05) is 6.54 Å².